The number of halogens is 3. The Morgan fingerprint density at radius 1 is 1.25 bits per heavy atom. The first-order chi connectivity index (χ1) is 12.8. The maximum atomic E-state index is 12.5. The molecule has 1 heterocycles. The molecule has 0 saturated carbocycles. The summed E-state index contributed by atoms with van der Waals surface area (Å²) in [6.45, 7) is 0.0310. The summed E-state index contributed by atoms with van der Waals surface area (Å²) in [5, 5.41) is 11.2. The van der Waals surface area contributed by atoms with Crippen molar-refractivity contribution in [3.8, 4) is 5.75 Å². The lowest BCUT2D eigenvalue weighted by Crippen LogP contribution is -2.36. The fraction of sp³-hybridized carbons (Fsp3) is 0.312. The number of primary sulfonamides is 1. The number of alkyl halides is 2. The number of nitrogens with two attached hydrogens (primary N) is 1. The van der Waals surface area contributed by atoms with Crippen LogP contribution in [0.15, 0.2) is 45.6 Å². The minimum absolute atomic E-state index is 0. The first kappa shape index (κ1) is 24.5. The highest BCUT2D eigenvalue weighted by atomic mass is 127. The molecule has 0 amide bonds. The fourth-order valence-electron chi connectivity index (χ4n) is 2.13. The summed E-state index contributed by atoms with van der Waals surface area (Å²) >= 11 is 1.06. The lowest BCUT2D eigenvalue weighted by Gasteiger charge is -2.12. The van der Waals surface area contributed by atoms with Gasteiger partial charge in [-0.25, -0.2) is 18.5 Å². The van der Waals surface area contributed by atoms with Gasteiger partial charge in [-0.3, -0.25) is 0 Å². The first-order valence-electron chi connectivity index (χ1n) is 7.96. The third kappa shape index (κ3) is 7.85. The largest absolute Gasteiger partial charge is 0.434 e. The summed E-state index contributed by atoms with van der Waals surface area (Å²) in [5.74, 6) is 0.526. The van der Waals surface area contributed by atoms with E-state index in [1.807, 2.05) is 6.92 Å². The Kier molecular flexibility index (Phi) is 10.1. The molecule has 156 valence electrons. The van der Waals surface area contributed by atoms with Crippen LogP contribution in [-0.2, 0) is 23.1 Å². The molecule has 0 spiro atoms. The summed E-state index contributed by atoms with van der Waals surface area (Å²) in [5.41, 5.74) is 0.516. The van der Waals surface area contributed by atoms with Gasteiger partial charge in [0.25, 0.3) is 0 Å². The third-order valence-corrected chi connectivity index (χ3v) is 5.81. The topological polar surface area (TPSA) is 106 Å². The molecule has 0 unspecified atom stereocenters. The molecule has 0 fully saturated rings. The molecule has 0 aliphatic heterocycles. The summed E-state index contributed by atoms with van der Waals surface area (Å²) in [6, 6.07) is 9.53. The highest BCUT2D eigenvalue weighted by Crippen LogP contribution is 2.21. The number of para-hydroxylation sites is 1. The normalized spacial score (nSPS) is 11.8. The number of rotatable bonds is 8. The molecule has 12 heteroatoms. The van der Waals surface area contributed by atoms with Crippen molar-refractivity contribution in [1.82, 2.24) is 10.6 Å². The van der Waals surface area contributed by atoms with Crippen LogP contribution in [-0.4, -0.2) is 27.5 Å². The van der Waals surface area contributed by atoms with Crippen LogP contribution in [0.2, 0.25) is 0 Å². The van der Waals surface area contributed by atoms with Crippen molar-refractivity contribution in [2.45, 2.75) is 30.8 Å². The van der Waals surface area contributed by atoms with Gasteiger partial charge in [-0.15, -0.1) is 35.3 Å². The minimum atomic E-state index is -3.72. The van der Waals surface area contributed by atoms with E-state index >= 15 is 0 Å². The molecule has 4 N–H and O–H groups in total. The van der Waals surface area contributed by atoms with Crippen LogP contribution >= 0.6 is 35.3 Å². The quantitative estimate of drug-likeness (QED) is 0.268. The van der Waals surface area contributed by atoms with Gasteiger partial charge in [0.2, 0.25) is 10.0 Å². The van der Waals surface area contributed by atoms with E-state index in [1.165, 1.54) is 12.1 Å². The Morgan fingerprint density at radius 2 is 1.96 bits per heavy atom. The van der Waals surface area contributed by atoms with Crippen LogP contribution in [0.4, 0.5) is 8.78 Å². The average molecular weight is 546 g/mol. The number of benzene rings is 1. The Hall–Kier alpha value is -1.51. The van der Waals surface area contributed by atoms with Crippen molar-refractivity contribution in [1.29, 1.82) is 0 Å². The van der Waals surface area contributed by atoms with E-state index in [0.29, 0.717) is 24.6 Å². The highest BCUT2D eigenvalue weighted by Gasteiger charge is 2.12. The molecule has 0 atom stereocenters. The van der Waals surface area contributed by atoms with Crippen molar-refractivity contribution in [3.05, 3.63) is 46.8 Å². The molecule has 7 nitrogen and oxygen atoms in total. The maximum Gasteiger partial charge on any atom is 0.387 e. The number of sulfonamides is 1. The summed E-state index contributed by atoms with van der Waals surface area (Å²) in [6.07, 6.45) is 0. The van der Waals surface area contributed by atoms with Gasteiger partial charge in [0, 0.05) is 17.0 Å². The van der Waals surface area contributed by atoms with Gasteiger partial charge in [0.1, 0.15) is 9.96 Å². The number of nitrogens with zero attached hydrogens (tertiary/aromatic N) is 1. The number of guanidine groups is 1. The molecule has 0 aliphatic rings. The van der Waals surface area contributed by atoms with Gasteiger partial charge in [-0.05, 0) is 25.1 Å². The fourth-order valence-corrected chi connectivity index (χ4v) is 3.85. The highest BCUT2D eigenvalue weighted by molar-refractivity contribution is 14.0. The summed E-state index contributed by atoms with van der Waals surface area (Å²) in [7, 11) is -3.72. The molecule has 1 aromatic carbocycles. The number of aliphatic imine (C=N–C) groups is 1. The van der Waals surface area contributed by atoms with Crippen LogP contribution in [0, 0.1) is 0 Å². The SMILES string of the molecule is CCNC(=NCc1ccccc1OC(F)F)NCc1ccc(S(N)(=O)=O)s1.I. The second-order valence-corrected chi connectivity index (χ2v) is 8.26. The molecule has 0 radical (unpaired) electrons. The molecular weight excluding hydrogens is 525 g/mol. The smallest absolute Gasteiger partial charge is 0.387 e. The lowest BCUT2D eigenvalue weighted by atomic mass is 10.2. The van der Waals surface area contributed by atoms with E-state index in [0.717, 1.165) is 16.2 Å². The molecule has 0 aliphatic carbocycles. The summed E-state index contributed by atoms with van der Waals surface area (Å²) in [4.78, 5) is 5.11. The Labute approximate surface area is 183 Å². The van der Waals surface area contributed by atoms with Crippen molar-refractivity contribution in [2.75, 3.05) is 6.54 Å². The van der Waals surface area contributed by atoms with E-state index in [4.69, 9.17) is 5.14 Å². The van der Waals surface area contributed by atoms with E-state index in [9.17, 15) is 17.2 Å². The van der Waals surface area contributed by atoms with E-state index in [2.05, 4.69) is 20.4 Å². The predicted molar refractivity (Wildman–Crippen MR) is 116 cm³/mol. The van der Waals surface area contributed by atoms with E-state index in [1.54, 1.807) is 24.3 Å². The Balaban J connectivity index is 0.00000392. The number of hydrogen-bond acceptors (Lipinski definition) is 5. The first-order valence-corrected chi connectivity index (χ1v) is 10.3. The summed E-state index contributed by atoms with van der Waals surface area (Å²) < 4.78 is 52.2. The molecular formula is C16H21F2IN4O3S2. The second kappa shape index (κ2) is 11.5. The molecule has 0 bridgehead atoms. The number of hydrogen-bond donors (Lipinski definition) is 3. The third-order valence-electron chi connectivity index (χ3n) is 3.29. The van der Waals surface area contributed by atoms with Crippen LogP contribution in [0.3, 0.4) is 0 Å². The van der Waals surface area contributed by atoms with Crippen LogP contribution < -0.4 is 20.5 Å². The number of nitrogens with one attached hydrogen (secondary N) is 2. The zero-order valence-electron chi connectivity index (χ0n) is 14.9. The average Bonchev–Trinajstić information content (AvgIpc) is 3.07. The van der Waals surface area contributed by atoms with E-state index < -0.39 is 16.6 Å². The molecule has 0 saturated heterocycles. The van der Waals surface area contributed by atoms with Crippen molar-refractivity contribution >= 4 is 51.3 Å². The standard InChI is InChI=1S/C16H20F2N4O3S2.HI/c1-2-20-16(22-10-12-7-8-14(26-12)27(19,23)24)21-9-11-5-3-4-6-13(11)25-15(17)18;/h3-8,15H,2,9-10H2,1H3,(H2,19,23,24)(H2,20,21,22);1H. The molecule has 2 rings (SSSR count). The molecule has 1 aromatic heterocycles. The van der Waals surface area contributed by atoms with Gasteiger partial charge >= 0.3 is 6.61 Å². The van der Waals surface area contributed by atoms with E-state index in [-0.39, 0.29) is 40.5 Å². The maximum absolute atomic E-state index is 12.5. The zero-order valence-corrected chi connectivity index (χ0v) is 18.9. The number of ether oxygens (including phenoxy) is 1. The van der Waals surface area contributed by atoms with Crippen LogP contribution in [0.1, 0.15) is 17.4 Å². The second-order valence-electron chi connectivity index (χ2n) is 5.30. The van der Waals surface area contributed by atoms with Crippen molar-refractivity contribution in [3.63, 3.8) is 0 Å². The monoisotopic (exact) mass is 546 g/mol. The van der Waals surface area contributed by atoms with Crippen molar-refractivity contribution < 1.29 is 21.9 Å². The van der Waals surface area contributed by atoms with Gasteiger partial charge in [-0.2, -0.15) is 8.78 Å². The Bertz CT molecular complexity index is 892. The molecule has 28 heavy (non-hydrogen) atoms. The van der Waals surface area contributed by atoms with Crippen LogP contribution in [0.5, 0.6) is 5.75 Å². The van der Waals surface area contributed by atoms with Crippen molar-refractivity contribution in [2.24, 2.45) is 10.1 Å². The zero-order chi connectivity index (χ0) is 19.9. The Morgan fingerprint density at radius 3 is 2.57 bits per heavy atom. The van der Waals surface area contributed by atoms with Gasteiger partial charge in [0.05, 0.1) is 13.1 Å². The predicted octanol–water partition coefficient (Wildman–Crippen LogP) is 2.87. The van der Waals surface area contributed by atoms with Gasteiger partial charge < -0.3 is 15.4 Å². The molecule has 2 aromatic rings. The minimum Gasteiger partial charge on any atom is -0.434 e. The van der Waals surface area contributed by atoms with Gasteiger partial charge in [-0.1, -0.05) is 18.2 Å². The number of thiophene rings is 1. The lowest BCUT2D eigenvalue weighted by molar-refractivity contribution is -0.0504. The van der Waals surface area contributed by atoms with Crippen LogP contribution in [0.25, 0.3) is 0 Å². The van der Waals surface area contributed by atoms with Gasteiger partial charge in [0.15, 0.2) is 5.96 Å².